The normalized spacial score (nSPS) is 46.7. The number of carboxylic acid groups (broad SMARTS) is 2. The van der Waals surface area contributed by atoms with Crippen molar-refractivity contribution in [2.45, 2.75) is 64.2 Å². The van der Waals surface area contributed by atoms with Gasteiger partial charge in [-0.15, -0.1) is 0 Å². The predicted octanol–water partition coefficient (Wildman–Crippen LogP) is -1.26. The van der Waals surface area contributed by atoms with Crippen molar-refractivity contribution in [3.63, 3.8) is 0 Å². The molecule has 0 radical (unpaired) electrons. The van der Waals surface area contributed by atoms with Gasteiger partial charge in [0.2, 0.25) is 0 Å². The van der Waals surface area contributed by atoms with Gasteiger partial charge < -0.3 is 42.1 Å². The second kappa shape index (κ2) is 6.60. The van der Waals surface area contributed by atoms with Crippen LogP contribution in [-0.4, -0.2) is 66.2 Å². The Morgan fingerprint density at radius 1 is 0.700 bits per heavy atom. The molecule has 0 saturated heterocycles. The summed E-state index contributed by atoms with van der Waals surface area (Å²) in [6.45, 7) is 7.74. The molecular formula is C20H34N2O8. The van der Waals surface area contributed by atoms with Crippen molar-refractivity contribution in [3.8, 4) is 0 Å². The fraction of sp³-hybridized carbons (Fsp3) is 0.900. The lowest BCUT2D eigenvalue weighted by molar-refractivity contribution is -0.147. The van der Waals surface area contributed by atoms with Crippen molar-refractivity contribution < 1.29 is 40.2 Å². The zero-order valence-electron chi connectivity index (χ0n) is 17.7. The van der Waals surface area contributed by atoms with E-state index in [1.54, 1.807) is 0 Å². The number of hydrogen-bond donors (Lipinski definition) is 8. The SMILES string of the molecule is CC1(C)CC(N)(C(=O)O)C2C(C(O)O)C21.CC1(C)CC(N)(C(=O)O)C2C(C(O)O)C21. The molecule has 8 atom stereocenters. The zero-order chi connectivity index (χ0) is 23.2. The van der Waals surface area contributed by atoms with E-state index in [-0.39, 0.29) is 46.3 Å². The molecule has 0 spiro atoms. The molecule has 10 N–H and O–H groups in total. The first-order valence-corrected chi connectivity index (χ1v) is 10.2. The summed E-state index contributed by atoms with van der Waals surface area (Å²) < 4.78 is 0. The van der Waals surface area contributed by atoms with Gasteiger partial charge in [0.05, 0.1) is 0 Å². The number of carbonyl (C=O) groups is 2. The van der Waals surface area contributed by atoms with Crippen molar-refractivity contribution in [1.82, 2.24) is 0 Å². The largest absolute Gasteiger partial charge is 0.480 e. The van der Waals surface area contributed by atoms with Crippen LogP contribution in [0.1, 0.15) is 40.5 Å². The standard InChI is InChI=1S/2C10H17NO4/c2*1-9(2)3-10(11,8(14)15)6-4(5(6)9)7(12)13/h2*4-7,12-13H,3,11H2,1-2H3,(H,14,15). The molecule has 0 aliphatic heterocycles. The molecule has 10 heteroatoms. The Hall–Kier alpha value is -1.30. The molecule has 0 heterocycles. The number of aliphatic carboxylic acids is 2. The van der Waals surface area contributed by atoms with Crippen molar-refractivity contribution in [1.29, 1.82) is 0 Å². The molecule has 4 saturated carbocycles. The fourth-order valence-corrected chi connectivity index (χ4v) is 7.17. The van der Waals surface area contributed by atoms with Crippen LogP contribution in [0.4, 0.5) is 0 Å². The molecule has 4 fully saturated rings. The average Bonchev–Trinajstić information content (AvgIpc) is 3.42. The van der Waals surface area contributed by atoms with E-state index in [1.165, 1.54) is 0 Å². The summed E-state index contributed by atoms with van der Waals surface area (Å²) in [4.78, 5) is 22.3. The average molecular weight is 430 g/mol. The fourth-order valence-electron chi connectivity index (χ4n) is 7.17. The third-order valence-corrected chi connectivity index (χ3v) is 8.13. The smallest absolute Gasteiger partial charge is 0.324 e. The Labute approximate surface area is 174 Å². The molecule has 8 unspecified atom stereocenters. The van der Waals surface area contributed by atoms with Gasteiger partial charge in [-0.3, -0.25) is 9.59 Å². The van der Waals surface area contributed by atoms with Crippen LogP contribution in [0, 0.1) is 46.3 Å². The molecule has 30 heavy (non-hydrogen) atoms. The molecular weight excluding hydrogens is 396 g/mol. The summed E-state index contributed by atoms with van der Waals surface area (Å²) in [5.74, 6) is -3.41. The van der Waals surface area contributed by atoms with E-state index in [4.69, 9.17) is 42.1 Å². The number of carboxylic acids is 2. The van der Waals surface area contributed by atoms with Gasteiger partial charge in [-0.05, 0) is 47.3 Å². The first kappa shape index (κ1) is 23.4. The quantitative estimate of drug-likeness (QED) is 0.248. The van der Waals surface area contributed by atoms with E-state index in [0.717, 1.165) is 0 Å². The van der Waals surface area contributed by atoms with Gasteiger partial charge in [0, 0.05) is 11.8 Å². The Morgan fingerprint density at radius 2 is 0.967 bits per heavy atom. The second-order valence-corrected chi connectivity index (χ2v) is 11.1. The predicted molar refractivity (Wildman–Crippen MR) is 103 cm³/mol. The van der Waals surface area contributed by atoms with Crippen LogP contribution in [0.3, 0.4) is 0 Å². The Morgan fingerprint density at radius 3 is 1.13 bits per heavy atom. The first-order chi connectivity index (χ1) is 13.4. The minimum atomic E-state index is -1.46. The lowest BCUT2D eigenvalue weighted by atomic mass is 9.79. The Kier molecular flexibility index (Phi) is 5.14. The van der Waals surface area contributed by atoms with Crippen molar-refractivity contribution in [2.75, 3.05) is 0 Å². The third kappa shape index (κ3) is 3.16. The topological polar surface area (TPSA) is 208 Å². The summed E-state index contributed by atoms with van der Waals surface area (Å²) in [6, 6.07) is 0. The summed E-state index contributed by atoms with van der Waals surface area (Å²) in [7, 11) is 0. The minimum Gasteiger partial charge on any atom is -0.480 e. The van der Waals surface area contributed by atoms with Crippen LogP contribution in [0.5, 0.6) is 0 Å². The molecule has 0 aromatic heterocycles. The maximum absolute atomic E-state index is 11.1. The van der Waals surface area contributed by atoms with Gasteiger partial charge in [-0.25, -0.2) is 0 Å². The summed E-state index contributed by atoms with van der Waals surface area (Å²) in [5, 5.41) is 54.8. The van der Waals surface area contributed by atoms with Gasteiger partial charge >= 0.3 is 11.9 Å². The second-order valence-electron chi connectivity index (χ2n) is 11.1. The monoisotopic (exact) mass is 430 g/mol. The van der Waals surface area contributed by atoms with E-state index in [9.17, 15) is 9.59 Å². The van der Waals surface area contributed by atoms with E-state index >= 15 is 0 Å². The lowest BCUT2D eigenvalue weighted by Crippen LogP contribution is -2.51. The lowest BCUT2D eigenvalue weighted by Gasteiger charge is -2.30. The Bertz CT molecular complexity index is 691. The first-order valence-electron chi connectivity index (χ1n) is 10.2. The highest BCUT2D eigenvalue weighted by Gasteiger charge is 2.76. The molecule has 0 amide bonds. The van der Waals surface area contributed by atoms with Gasteiger partial charge in [0.1, 0.15) is 11.1 Å². The van der Waals surface area contributed by atoms with Gasteiger partial charge in [-0.2, -0.15) is 0 Å². The number of fused-ring (bicyclic) bond motifs is 2. The molecule has 0 bridgehead atoms. The van der Waals surface area contributed by atoms with Crippen LogP contribution in [0.15, 0.2) is 0 Å². The van der Waals surface area contributed by atoms with E-state index < -0.39 is 35.6 Å². The van der Waals surface area contributed by atoms with Crippen LogP contribution < -0.4 is 11.5 Å². The molecule has 0 aromatic rings. The van der Waals surface area contributed by atoms with Crippen molar-refractivity contribution in [3.05, 3.63) is 0 Å². The third-order valence-electron chi connectivity index (χ3n) is 8.13. The highest BCUT2D eigenvalue weighted by Crippen LogP contribution is 2.70. The molecule has 0 aromatic carbocycles. The number of aliphatic hydroxyl groups excluding tert-OH is 2. The van der Waals surface area contributed by atoms with Crippen LogP contribution >= 0.6 is 0 Å². The number of aliphatic hydroxyl groups is 4. The number of rotatable bonds is 4. The van der Waals surface area contributed by atoms with Crippen molar-refractivity contribution >= 4 is 11.9 Å². The van der Waals surface area contributed by atoms with Gasteiger partial charge in [-0.1, -0.05) is 27.7 Å². The molecule has 172 valence electrons. The number of hydrogen-bond acceptors (Lipinski definition) is 8. The van der Waals surface area contributed by atoms with Crippen LogP contribution in [-0.2, 0) is 9.59 Å². The highest BCUT2D eigenvalue weighted by molar-refractivity contribution is 5.81. The summed E-state index contributed by atoms with van der Waals surface area (Å²) >= 11 is 0. The van der Waals surface area contributed by atoms with Crippen LogP contribution in [0.25, 0.3) is 0 Å². The molecule has 4 aliphatic carbocycles. The maximum Gasteiger partial charge on any atom is 0.324 e. The van der Waals surface area contributed by atoms with Crippen LogP contribution in [0.2, 0.25) is 0 Å². The molecule has 4 aliphatic rings. The minimum absolute atomic E-state index is 0.0126. The van der Waals surface area contributed by atoms with Gasteiger partial charge in [0.25, 0.3) is 0 Å². The summed E-state index contributed by atoms with van der Waals surface area (Å²) in [5.41, 5.74) is 8.70. The van der Waals surface area contributed by atoms with Crippen molar-refractivity contribution in [2.24, 2.45) is 57.8 Å². The number of nitrogens with two attached hydrogens (primary N) is 2. The summed E-state index contributed by atoms with van der Waals surface area (Å²) in [6.07, 6.45) is -2.12. The van der Waals surface area contributed by atoms with E-state index in [0.29, 0.717) is 12.8 Å². The molecule has 10 nitrogen and oxygen atoms in total. The Balaban J connectivity index is 0.000000171. The zero-order valence-corrected chi connectivity index (χ0v) is 17.7. The maximum atomic E-state index is 11.1. The van der Waals surface area contributed by atoms with E-state index in [2.05, 4.69) is 0 Å². The highest BCUT2D eigenvalue weighted by atomic mass is 16.5. The molecule has 4 rings (SSSR count). The van der Waals surface area contributed by atoms with Gasteiger partial charge in [0.15, 0.2) is 12.6 Å². The van der Waals surface area contributed by atoms with E-state index in [1.807, 2.05) is 27.7 Å².